The van der Waals surface area contributed by atoms with Crippen LogP contribution >= 0.6 is 0 Å². The molecule has 1 aromatic carbocycles. The molecule has 112 valence electrons. The predicted molar refractivity (Wildman–Crippen MR) is 84.4 cm³/mol. The molecule has 0 aliphatic carbocycles. The molecule has 0 saturated carbocycles. The Kier molecular flexibility index (Phi) is 4.52. The van der Waals surface area contributed by atoms with Gasteiger partial charge in [0.1, 0.15) is 5.76 Å². The summed E-state index contributed by atoms with van der Waals surface area (Å²) in [6.07, 6.45) is 1.67. The van der Waals surface area contributed by atoms with Crippen LogP contribution in [0.25, 0.3) is 0 Å². The third kappa shape index (κ3) is 3.37. The summed E-state index contributed by atoms with van der Waals surface area (Å²) in [6, 6.07) is 7.25. The van der Waals surface area contributed by atoms with Crippen LogP contribution in [0.1, 0.15) is 28.6 Å². The summed E-state index contributed by atoms with van der Waals surface area (Å²) < 4.78 is 5.31. The molecule has 0 aliphatic rings. The molecular weight excluding hydrogens is 266 g/mol. The maximum absolute atomic E-state index is 12.2. The van der Waals surface area contributed by atoms with E-state index in [2.05, 4.69) is 5.32 Å². The number of nitrogens with zero attached hydrogens (tertiary/aromatic N) is 1. The number of nitrogens with one attached hydrogen (secondary N) is 1. The van der Waals surface area contributed by atoms with Gasteiger partial charge in [0.25, 0.3) is 5.91 Å². The fourth-order valence-electron chi connectivity index (χ4n) is 2.23. The third-order valence-electron chi connectivity index (χ3n) is 3.39. The molecule has 0 aliphatic heterocycles. The fraction of sp³-hybridized carbons (Fsp3) is 0.312. The number of anilines is 2. The maximum atomic E-state index is 12.2. The standard InChI is InChI=1S/C16H21N3O2/c1-4-18-16(20)14-6-5-13(17)9-15(14)19(3)10-12-7-8-21-11(12)2/h5-9H,4,10,17H2,1-3H3,(H,18,20). The van der Waals surface area contributed by atoms with Crippen LogP contribution in [0.2, 0.25) is 0 Å². The summed E-state index contributed by atoms with van der Waals surface area (Å²) in [6.45, 7) is 5.06. The van der Waals surface area contributed by atoms with E-state index < -0.39 is 0 Å². The van der Waals surface area contributed by atoms with Crippen molar-refractivity contribution in [3.8, 4) is 0 Å². The van der Waals surface area contributed by atoms with Crippen LogP contribution in [0.3, 0.4) is 0 Å². The molecular formula is C16H21N3O2. The maximum Gasteiger partial charge on any atom is 0.253 e. The predicted octanol–water partition coefficient (Wildman–Crippen LogP) is 2.56. The lowest BCUT2D eigenvalue weighted by atomic mass is 10.1. The monoisotopic (exact) mass is 287 g/mol. The van der Waals surface area contributed by atoms with Crippen LogP contribution in [0.5, 0.6) is 0 Å². The summed E-state index contributed by atoms with van der Waals surface area (Å²) in [5, 5.41) is 2.82. The van der Waals surface area contributed by atoms with Crippen molar-refractivity contribution < 1.29 is 9.21 Å². The van der Waals surface area contributed by atoms with Gasteiger partial charge in [0.05, 0.1) is 17.5 Å². The molecule has 2 rings (SSSR count). The highest BCUT2D eigenvalue weighted by atomic mass is 16.3. The number of furan rings is 1. The van der Waals surface area contributed by atoms with E-state index in [1.165, 1.54) is 0 Å². The van der Waals surface area contributed by atoms with Crippen LogP contribution < -0.4 is 16.0 Å². The van der Waals surface area contributed by atoms with Crippen molar-refractivity contribution in [2.45, 2.75) is 20.4 Å². The number of hydrogen-bond donors (Lipinski definition) is 2. The van der Waals surface area contributed by atoms with Gasteiger partial charge in [-0.05, 0) is 38.1 Å². The van der Waals surface area contributed by atoms with E-state index >= 15 is 0 Å². The molecule has 0 spiro atoms. The van der Waals surface area contributed by atoms with Gasteiger partial charge in [-0.3, -0.25) is 4.79 Å². The second kappa shape index (κ2) is 6.35. The molecule has 0 saturated heterocycles. The Morgan fingerprint density at radius 2 is 2.14 bits per heavy atom. The topological polar surface area (TPSA) is 71.5 Å². The van der Waals surface area contributed by atoms with Gasteiger partial charge in [-0.15, -0.1) is 0 Å². The van der Waals surface area contributed by atoms with Gasteiger partial charge in [-0.25, -0.2) is 0 Å². The fourth-order valence-corrected chi connectivity index (χ4v) is 2.23. The number of hydrogen-bond acceptors (Lipinski definition) is 4. The molecule has 0 unspecified atom stereocenters. The highest BCUT2D eigenvalue weighted by molar-refractivity contribution is 6.00. The molecule has 21 heavy (non-hydrogen) atoms. The molecule has 0 fully saturated rings. The van der Waals surface area contributed by atoms with E-state index in [4.69, 9.17) is 10.2 Å². The zero-order valence-electron chi connectivity index (χ0n) is 12.6. The van der Waals surface area contributed by atoms with Crippen LogP contribution in [0, 0.1) is 6.92 Å². The van der Waals surface area contributed by atoms with Crippen molar-refractivity contribution in [1.29, 1.82) is 0 Å². The van der Waals surface area contributed by atoms with E-state index in [-0.39, 0.29) is 5.91 Å². The Morgan fingerprint density at radius 1 is 1.38 bits per heavy atom. The third-order valence-corrected chi connectivity index (χ3v) is 3.39. The molecule has 5 heteroatoms. The first-order valence-electron chi connectivity index (χ1n) is 6.94. The minimum atomic E-state index is -0.0942. The Morgan fingerprint density at radius 3 is 2.76 bits per heavy atom. The van der Waals surface area contributed by atoms with Crippen molar-refractivity contribution >= 4 is 17.3 Å². The number of nitrogen functional groups attached to an aromatic ring is 1. The molecule has 1 amide bonds. The van der Waals surface area contributed by atoms with Gasteiger partial charge in [0.15, 0.2) is 0 Å². The van der Waals surface area contributed by atoms with Crippen LogP contribution in [0.15, 0.2) is 34.9 Å². The van der Waals surface area contributed by atoms with Crippen molar-refractivity contribution in [3.63, 3.8) is 0 Å². The van der Waals surface area contributed by atoms with Crippen LogP contribution in [-0.2, 0) is 6.54 Å². The molecule has 5 nitrogen and oxygen atoms in total. The first kappa shape index (κ1) is 15.0. The van der Waals surface area contributed by atoms with Crippen molar-refractivity contribution in [3.05, 3.63) is 47.4 Å². The molecule has 0 atom stereocenters. The van der Waals surface area contributed by atoms with Gasteiger partial charge in [0.2, 0.25) is 0 Å². The van der Waals surface area contributed by atoms with Gasteiger partial charge >= 0.3 is 0 Å². The van der Waals surface area contributed by atoms with E-state index in [1.807, 2.05) is 37.9 Å². The van der Waals surface area contributed by atoms with Gasteiger partial charge in [-0.1, -0.05) is 0 Å². The molecule has 0 bridgehead atoms. The lowest BCUT2D eigenvalue weighted by molar-refractivity contribution is 0.0956. The summed E-state index contributed by atoms with van der Waals surface area (Å²) in [5.74, 6) is 0.786. The molecule has 1 heterocycles. The second-order valence-corrected chi connectivity index (χ2v) is 4.99. The normalized spacial score (nSPS) is 10.4. The average Bonchev–Trinajstić information content (AvgIpc) is 2.84. The van der Waals surface area contributed by atoms with E-state index in [9.17, 15) is 4.79 Å². The summed E-state index contributed by atoms with van der Waals surface area (Å²) in [5.41, 5.74) is 9.01. The SMILES string of the molecule is CCNC(=O)c1ccc(N)cc1N(C)Cc1ccoc1C. The number of amides is 1. The Balaban J connectivity index is 2.30. The number of nitrogens with two attached hydrogens (primary N) is 1. The molecule has 3 N–H and O–H groups in total. The van der Waals surface area contributed by atoms with Crippen LogP contribution in [-0.4, -0.2) is 19.5 Å². The number of carbonyl (C=O) groups excluding carboxylic acids is 1. The number of carbonyl (C=O) groups is 1. The quantitative estimate of drug-likeness (QED) is 0.829. The summed E-state index contributed by atoms with van der Waals surface area (Å²) in [4.78, 5) is 14.2. The average molecular weight is 287 g/mol. The lowest BCUT2D eigenvalue weighted by Gasteiger charge is -2.22. The number of rotatable bonds is 5. The van der Waals surface area contributed by atoms with Gasteiger partial charge < -0.3 is 20.4 Å². The molecule has 2 aromatic rings. The largest absolute Gasteiger partial charge is 0.469 e. The minimum Gasteiger partial charge on any atom is -0.469 e. The van der Waals surface area contributed by atoms with E-state index in [0.29, 0.717) is 24.3 Å². The molecule has 1 aromatic heterocycles. The summed E-state index contributed by atoms with van der Waals surface area (Å²) >= 11 is 0. The second-order valence-electron chi connectivity index (χ2n) is 4.99. The number of benzene rings is 1. The zero-order valence-corrected chi connectivity index (χ0v) is 12.6. The van der Waals surface area contributed by atoms with E-state index in [0.717, 1.165) is 17.0 Å². The van der Waals surface area contributed by atoms with Gasteiger partial charge in [0, 0.05) is 31.4 Å². The number of aryl methyl sites for hydroxylation is 1. The Labute approximate surface area is 124 Å². The van der Waals surface area contributed by atoms with Gasteiger partial charge in [-0.2, -0.15) is 0 Å². The first-order valence-corrected chi connectivity index (χ1v) is 6.94. The Bertz CT molecular complexity index is 634. The minimum absolute atomic E-state index is 0.0942. The zero-order chi connectivity index (χ0) is 15.4. The highest BCUT2D eigenvalue weighted by Crippen LogP contribution is 2.25. The van der Waals surface area contributed by atoms with Crippen molar-refractivity contribution in [2.24, 2.45) is 0 Å². The smallest absolute Gasteiger partial charge is 0.253 e. The lowest BCUT2D eigenvalue weighted by Crippen LogP contribution is -2.26. The summed E-state index contributed by atoms with van der Waals surface area (Å²) in [7, 11) is 1.93. The Hall–Kier alpha value is -2.43. The van der Waals surface area contributed by atoms with Crippen LogP contribution in [0.4, 0.5) is 11.4 Å². The highest BCUT2D eigenvalue weighted by Gasteiger charge is 2.15. The van der Waals surface area contributed by atoms with Crippen molar-refractivity contribution in [1.82, 2.24) is 5.32 Å². The van der Waals surface area contributed by atoms with Crippen molar-refractivity contribution in [2.75, 3.05) is 24.2 Å². The first-order chi connectivity index (χ1) is 10.0. The van der Waals surface area contributed by atoms with E-state index in [1.54, 1.807) is 18.4 Å². The molecule has 0 radical (unpaired) electrons.